The van der Waals surface area contributed by atoms with Crippen LogP contribution in [0.15, 0.2) is 42.5 Å². The number of carbonyl (C=O) groups is 1. The van der Waals surface area contributed by atoms with Crippen molar-refractivity contribution in [3.63, 3.8) is 0 Å². The number of thiocarbonyl (C=S) groups is 1. The van der Waals surface area contributed by atoms with Crippen molar-refractivity contribution in [3.05, 3.63) is 59.2 Å². The van der Waals surface area contributed by atoms with Crippen LogP contribution >= 0.6 is 12.2 Å². The Balaban J connectivity index is 1.52. The minimum Gasteiger partial charge on any atom is -0.454 e. The van der Waals surface area contributed by atoms with Gasteiger partial charge < -0.3 is 25.0 Å². The van der Waals surface area contributed by atoms with E-state index < -0.39 is 0 Å². The number of nitrogens with one attached hydrogen (secondary N) is 2. The quantitative estimate of drug-likeness (QED) is 0.787. The van der Waals surface area contributed by atoms with Crippen LogP contribution in [0.4, 0.5) is 0 Å². The van der Waals surface area contributed by atoms with E-state index in [0.717, 1.165) is 22.6 Å². The van der Waals surface area contributed by atoms with Gasteiger partial charge in [-0.05, 0) is 47.6 Å². The van der Waals surface area contributed by atoms with Crippen molar-refractivity contribution in [2.75, 3.05) is 20.9 Å². The standard InChI is InChI=1S/C19H21N3O3S/c1-20-18(23)15-6-3-13(4-7-15)11-22(2)19(26)21-10-14-5-8-16-17(9-14)25-12-24-16/h3-9H,10-12H2,1-2H3,(H,20,23)(H,21,26). The molecule has 0 aliphatic carbocycles. The summed E-state index contributed by atoms with van der Waals surface area (Å²) in [5.41, 5.74) is 2.79. The summed E-state index contributed by atoms with van der Waals surface area (Å²) in [5, 5.41) is 6.51. The molecular formula is C19H21N3O3S. The van der Waals surface area contributed by atoms with E-state index in [4.69, 9.17) is 21.7 Å². The van der Waals surface area contributed by atoms with Crippen molar-refractivity contribution in [1.82, 2.24) is 15.5 Å². The van der Waals surface area contributed by atoms with Crippen LogP contribution in [-0.4, -0.2) is 36.8 Å². The number of hydrogen-bond donors (Lipinski definition) is 2. The fourth-order valence-corrected chi connectivity index (χ4v) is 2.75. The van der Waals surface area contributed by atoms with Crippen molar-refractivity contribution in [3.8, 4) is 11.5 Å². The molecule has 0 radical (unpaired) electrons. The zero-order valence-corrected chi connectivity index (χ0v) is 15.6. The average Bonchev–Trinajstić information content (AvgIpc) is 3.13. The van der Waals surface area contributed by atoms with Gasteiger partial charge >= 0.3 is 0 Å². The summed E-state index contributed by atoms with van der Waals surface area (Å²) in [5.74, 6) is 1.44. The lowest BCUT2D eigenvalue weighted by Gasteiger charge is -2.21. The SMILES string of the molecule is CNC(=O)c1ccc(CN(C)C(=S)NCc2ccc3c(c2)OCO3)cc1. The van der Waals surface area contributed by atoms with Gasteiger partial charge in [-0.25, -0.2) is 0 Å². The zero-order chi connectivity index (χ0) is 18.5. The van der Waals surface area contributed by atoms with Crippen LogP contribution in [-0.2, 0) is 13.1 Å². The van der Waals surface area contributed by atoms with Crippen molar-refractivity contribution in [2.45, 2.75) is 13.1 Å². The predicted octanol–water partition coefficient (Wildman–Crippen LogP) is 2.28. The molecule has 136 valence electrons. The first-order valence-corrected chi connectivity index (χ1v) is 8.66. The van der Waals surface area contributed by atoms with E-state index in [-0.39, 0.29) is 12.7 Å². The molecule has 0 fully saturated rings. The van der Waals surface area contributed by atoms with Gasteiger partial charge in [0.05, 0.1) is 0 Å². The lowest BCUT2D eigenvalue weighted by atomic mass is 10.1. The molecule has 2 aromatic carbocycles. The Morgan fingerprint density at radius 1 is 1.12 bits per heavy atom. The highest BCUT2D eigenvalue weighted by Crippen LogP contribution is 2.32. The maximum atomic E-state index is 11.6. The molecule has 0 spiro atoms. The van der Waals surface area contributed by atoms with Crippen molar-refractivity contribution < 1.29 is 14.3 Å². The fraction of sp³-hybridized carbons (Fsp3) is 0.263. The summed E-state index contributed by atoms with van der Waals surface area (Å²) < 4.78 is 10.7. The second kappa shape index (κ2) is 8.05. The third-order valence-electron chi connectivity index (χ3n) is 4.09. The van der Waals surface area contributed by atoms with Crippen LogP contribution in [0.2, 0.25) is 0 Å². The van der Waals surface area contributed by atoms with Crippen LogP contribution in [0, 0.1) is 0 Å². The monoisotopic (exact) mass is 371 g/mol. The van der Waals surface area contributed by atoms with Gasteiger partial charge in [0.2, 0.25) is 6.79 Å². The van der Waals surface area contributed by atoms with E-state index in [1.165, 1.54) is 0 Å². The lowest BCUT2D eigenvalue weighted by molar-refractivity contribution is 0.0963. The Kier molecular flexibility index (Phi) is 5.58. The number of rotatable bonds is 5. The highest BCUT2D eigenvalue weighted by atomic mass is 32.1. The van der Waals surface area contributed by atoms with Crippen LogP contribution in [0.3, 0.4) is 0 Å². The summed E-state index contributed by atoms with van der Waals surface area (Å²) in [7, 11) is 3.55. The normalized spacial score (nSPS) is 11.8. The fourth-order valence-electron chi connectivity index (χ4n) is 2.62. The molecule has 26 heavy (non-hydrogen) atoms. The average molecular weight is 371 g/mol. The Hall–Kier alpha value is -2.80. The Bertz CT molecular complexity index is 808. The Labute approximate surface area is 158 Å². The number of amides is 1. The molecule has 0 saturated heterocycles. The predicted molar refractivity (Wildman–Crippen MR) is 103 cm³/mol. The number of ether oxygens (including phenoxy) is 2. The minimum atomic E-state index is -0.0918. The molecule has 0 atom stereocenters. The van der Waals surface area contributed by atoms with E-state index in [9.17, 15) is 4.79 Å². The number of fused-ring (bicyclic) bond motifs is 1. The first-order chi connectivity index (χ1) is 12.6. The van der Waals surface area contributed by atoms with Gasteiger partial charge in [-0.15, -0.1) is 0 Å². The maximum absolute atomic E-state index is 11.6. The third kappa shape index (κ3) is 4.23. The number of carbonyl (C=O) groups excluding carboxylic acids is 1. The number of benzene rings is 2. The summed E-state index contributed by atoms with van der Waals surface area (Å²) >= 11 is 5.46. The molecule has 0 aromatic heterocycles. The molecule has 6 nitrogen and oxygen atoms in total. The van der Waals surface area contributed by atoms with Crippen LogP contribution < -0.4 is 20.1 Å². The second-order valence-electron chi connectivity index (χ2n) is 5.98. The molecule has 1 aliphatic rings. The molecule has 0 unspecified atom stereocenters. The smallest absolute Gasteiger partial charge is 0.251 e. The molecule has 0 saturated carbocycles. The summed E-state index contributed by atoms with van der Waals surface area (Å²) in [6, 6.07) is 13.3. The van der Waals surface area contributed by atoms with Gasteiger partial charge in [-0.1, -0.05) is 18.2 Å². The molecule has 2 aromatic rings. The van der Waals surface area contributed by atoms with E-state index in [1.807, 2.05) is 54.4 Å². The molecule has 1 heterocycles. The highest BCUT2D eigenvalue weighted by molar-refractivity contribution is 7.80. The van der Waals surface area contributed by atoms with Crippen LogP contribution in [0.5, 0.6) is 11.5 Å². The Morgan fingerprint density at radius 2 is 1.81 bits per heavy atom. The molecule has 0 bridgehead atoms. The molecule has 1 amide bonds. The molecular weight excluding hydrogens is 350 g/mol. The molecule has 2 N–H and O–H groups in total. The first-order valence-electron chi connectivity index (χ1n) is 8.25. The molecule has 7 heteroatoms. The summed E-state index contributed by atoms with van der Waals surface area (Å²) in [6.45, 7) is 1.53. The molecule has 3 rings (SSSR count). The largest absolute Gasteiger partial charge is 0.454 e. The van der Waals surface area contributed by atoms with Crippen LogP contribution in [0.25, 0.3) is 0 Å². The maximum Gasteiger partial charge on any atom is 0.251 e. The Morgan fingerprint density at radius 3 is 2.54 bits per heavy atom. The van der Waals surface area contributed by atoms with Gasteiger partial charge in [-0.3, -0.25) is 4.79 Å². The van der Waals surface area contributed by atoms with Crippen molar-refractivity contribution in [2.24, 2.45) is 0 Å². The van der Waals surface area contributed by atoms with Gasteiger partial charge in [0.15, 0.2) is 16.6 Å². The van der Waals surface area contributed by atoms with Gasteiger partial charge in [0.25, 0.3) is 5.91 Å². The summed E-state index contributed by atoms with van der Waals surface area (Å²) in [6.07, 6.45) is 0. The van der Waals surface area contributed by atoms with E-state index in [0.29, 0.717) is 23.8 Å². The topological polar surface area (TPSA) is 62.8 Å². The first kappa shape index (κ1) is 18.0. The van der Waals surface area contributed by atoms with Gasteiger partial charge in [0, 0.05) is 32.7 Å². The van der Waals surface area contributed by atoms with Gasteiger partial charge in [0.1, 0.15) is 0 Å². The minimum absolute atomic E-state index is 0.0918. The van der Waals surface area contributed by atoms with Crippen molar-refractivity contribution >= 4 is 23.2 Å². The van der Waals surface area contributed by atoms with E-state index >= 15 is 0 Å². The highest BCUT2D eigenvalue weighted by Gasteiger charge is 2.13. The zero-order valence-electron chi connectivity index (χ0n) is 14.7. The van der Waals surface area contributed by atoms with Crippen LogP contribution in [0.1, 0.15) is 21.5 Å². The van der Waals surface area contributed by atoms with E-state index in [2.05, 4.69) is 10.6 Å². The number of hydrogen-bond acceptors (Lipinski definition) is 4. The second-order valence-corrected chi connectivity index (χ2v) is 6.37. The van der Waals surface area contributed by atoms with Crippen molar-refractivity contribution in [1.29, 1.82) is 0 Å². The lowest BCUT2D eigenvalue weighted by Crippen LogP contribution is -2.36. The molecule has 1 aliphatic heterocycles. The third-order valence-corrected chi connectivity index (χ3v) is 4.55. The van der Waals surface area contributed by atoms with Gasteiger partial charge in [-0.2, -0.15) is 0 Å². The van der Waals surface area contributed by atoms with E-state index in [1.54, 1.807) is 7.05 Å². The summed E-state index contributed by atoms with van der Waals surface area (Å²) in [4.78, 5) is 13.5. The number of nitrogens with zero attached hydrogens (tertiary/aromatic N) is 1.